The van der Waals surface area contributed by atoms with Crippen LogP contribution in [0.15, 0.2) is 30.6 Å². The Kier molecular flexibility index (Phi) is 2.53. The number of nitrogens with zero attached hydrogens (tertiary/aromatic N) is 3. The Bertz CT molecular complexity index is 464. The molecule has 0 radical (unpaired) electrons. The molecule has 4 nitrogen and oxygen atoms in total. The van der Waals surface area contributed by atoms with Gasteiger partial charge in [-0.2, -0.15) is 5.10 Å². The first kappa shape index (κ1) is 9.51. The number of hydrogen-bond acceptors (Lipinski definition) is 3. The zero-order valence-electron chi connectivity index (χ0n) is 7.80. The number of halogens is 1. The van der Waals surface area contributed by atoms with E-state index in [1.165, 1.54) is 10.9 Å². The first-order valence-electron chi connectivity index (χ1n) is 4.35. The second kappa shape index (κ2) is 4.00. The molecule has 0 saturated heterocycles. The molecule has 0 aliphatic carbocycles. The Morgan fingerprint density at radius 2 is 2.27 bits per heavy atom. The second-order valence-corrected chi connectivity index (χ2v) is 2.95. The molecule has 0 aliphatic heterocycles. The van der Waals surface area contributed by atoms with E-state index in [0.717, 1.165) is 0 Å². The summed E-state index contributed by atoms with van der Waals surface area (Å²) in [6.45, 7) is -0.598. The van der Waals surface area contributed by atoms with E-state index >= 15 is 0 Å². The molecule has 0 N–H and O–H groups in total. The highest BCUT2D eigenvalue weighted by Gasteiger charge is 2.01. The Morgan fingerprint density at radius 3 is 2.80 bits per heavy atom. The Balaban J connectivity index is 2.32. The molecule has 0 fully saturated rings. The molecule has 0 bridgehead atoms. The van der Waals surface area contributed by atoms with Crippen LogP contribution in [0.4, 0.5) is 4.39 Å². The molecule has 76 valence electrons. The zero-order chi connectivity index (χ0) is 10.7. The number of aromatic nitrogens is 3. The first-order chi connectivity index (χ1) is 7.33. The number of carbonyl (C=O) groups is 1. The summed E-state index contributed by atoms with van der Waals surface area (Å²) < 4.78 is 13.7. The van der Waals surface area contributed by atoms with Gasteiger partial charge >= 0.3 is 0 Å². The SMILES string of the molecule is O=Cc1ccc(-n2ccc(CF)n2)nc1. The molecule has 0 amide bonds. The molecule has 2 aromatic rings. The fraction of sp³-hybridized carbons (Fsp3) is 0.100. The molecule has 0 aliphatic rings. The fourth-order valence-electron chi connectivity index (χ4n) is 1.16. The van der Waals surface area contributed by atoms with Gasteiger partial charge in [-0.05, 0) is 18.2 Å². The maximum atomic E-state index is 12.2. The van der Waals surface area contributed by atoms with Crippen molar-refractivity contribution < 1.29 is 9.18 Å². The van der Waals surface area contributed by atoms with E-state index < -0.39 is 6.67 Å². The van der Waals surface area contributed by atoms with Crippen LogP contribution in [0.1, 0.15) is 16.1 Å². The van der Waals surface area contributed by atoms with Gasteiger partial charge in [-0.3, -0.25) is 4.79 Å². The minimum Gasteiger partial charge on any atom is -0.298 e. The van der Waals surface area contributed by atoms with Gasteiger partial charge in [0.15, 0.2) is 12.1 Å². The van der Waals surface area contributed by atoms with Crippen molar-refractivity contribution in [2.45, 2.75) is 6.67 Å². The van der Waals surface area contributed by atoms with E-state index in [4.69, 9.17) is 0 Å². The molecule has 2 heterocycles. The largest absolute Gasteiger partial charge is 0.298 e. The predicted octanol–water partition coefficient (Wildman–Crippen LogP) is 1.55. The van der Waals surface area contributed by atoms with Crippen LogP contribution >= 0.6 is 0 Å². The molecular weight excluding hydrogens is 197 g/mol. The topological polar surface area (TPSA) is 47.8 Å². The zero-order valence-corrected chi connectivity index (χ0v) is 7.80. The van der Waals surface area contributed by atoms with Crippen molar-refractivity contribution >= 4 is 6.29 Å². The monoisotopic (exact) mass is 205 g/mol. The molecule has 2 rings (SSSR count). The van der Waals surface area contributed by atoms with Gasteiger partial charge in [-0.1, -0.05) is 0 Å². The maximum Gasteiger partial charge on any atom is 0.153 e. The molecule has 0 aromatic carbocycles. The van der Waals surface area contributed by atoms with Crippen molar-refractivity contribution in [3.8, 4) is 5.82 Å². The van der Waals surface area contributed by atoms with Crippen molar-refractivity contribution in [2.75, 3.05) is 0 Å². The van der Waals surface area contributed by atoms with Crippen LogP contribution in [0, 0.1) is 0 Å². The fourth-order valence-corrected chi connectivity index (χ4v) is 1.16. The average molecular weight is 205 g/mol. The lowest BCUT2D eigenvalue weighted by molar-refractivity contribution is 0.112. The van der Waals surface area contributed by atoms with Gasteiger partial charge in [0.05, 0.1) is 5.69 Å². The van der Waals surface area contributed by atoms with Crippen LogP contribution in [-0.4, -0.2) is 21.1 Å². The van der Waals surface area contributed by atoms with Crippen molar-refractivity contribution in [3.63, 3.8) is 0 Å². The van der Waals surface area contributed by atoms with Crippen LogP contribution in [0.25, 0.3) is 5.82 Å². The Hall–Kier alpha value is -2.04. The summed E-state index contributed by atoms with van der Waals surface area (Å²) in [6, 6.07) is 4.86. The van der Waals surface area contributed by atoms with E-state index in [0.29, 0.717) is 23.4 Å². The Morgan fingerprint density at radius 1 is 1.40 bits per heavy atom. The van der Waals surface area contributed by atoms with Crippen LogP contribution in [0.3, 0.4) is 0 Å². The van der Waals surface area contributed by atoms with Crippen molar-refractivity contribution in [3.05, 3.63) is 41.9 Å². The molecule has 0 saturated carbocycles. The summed E-state index contributed by atoms with van der Waals surface area (Å²) in [5.74, 6) is 0.556. The summed E-state index contributed by atoms with van der Waals surface area (Å²) in [6.07, 6.45) is 3.78. The number of rotatable bonds is 3. The second-order valence-electron chi connectivity index (χ2n) is 2.95. The van der Waals surface area contributed by atoms with E-state index in [9.17, 15) is 9.18 Å². The van der Waals surface area contributed by atoms with Gasteiger partial charge in [-0.25, -0.2) is 14.1 Å². The normalized spacial score (nSPS) is 10.2. The van der Waals surface area contributed by atoms with Gasteiger partial charge in [-0.15, -0.1) is 0 Å². The quantitative estimate of drug-likeness (QED) is 0.714. The molecule has 2 aromatic heterocycles. The van der Waals surface area contributed by atoms with E-state index in [1.807, 2.05) is 0 Å². The van der Waals surface area contributed by atoms with E-state index in [1.54, 1.807) is 24.4 Å². The minimum atomic E-state index is -0.598. The number of aldehydes is 1. The lowest BCUT2D eigenvalue weighted by Gasteiger charge is -1.99. The summed E-state index contributed by atoms with van der Waals surface area (Å²) in [7, 11) is 0. The van der Waals surface area contributed by atoms with Gasteiger partial charge in [0, 0.05) is 18.0 Å². The number of carbonyl (C=O) groups excluding carboxylic acids is 1. The highest BCUT2D eigenvalue weighted by molar-refractivity contribution is 5.74. The third-order valence-electron chi connectivity index (χ3n) is 1.92. The summed E-state index contributed by atoms with van der Waals surface area (Å²) >= 11 is 0. The Labute approximate surface area is 85.4 Å². The number of hydrogen-bond donors (Lipinski definition) is 0. The lowest BCUT2D eigenvalue weighted by Crippen LogP contribution is -1.99. The first-order valence-corrected chi connectivity index (χ1v) is 4.35. The number of pyridine rings is 1. The minimum absolute atomic E-state index is 0.358. The van der Waals surface area contributed by atoms with Crippen LogP contribution in [0.5, 0.6) is 0 Å². The molecule has 5 heteroatoms. The van der Waals surface area contributed by atoms with Crippen LogP contribution in [-0.2, 0) is 6.67 Å². The maximum absolute atomic E-state index is 12.2. The predicted molar refractivity (Wildman–Crippen MR) is 51.6 cm³/mol. The van der Waals surface area contributed by atoms with Gasteiger partial charge in [0.25, 0.3) is 0 Å². The average Bonchev–Trinajstić information content (AvgIpc) is 2.78. The highest BCUT2D eigenvalue weighted by Crippen LogP contribution is 2.05. The van der Waals surface area contributed by atoms with E-state index in [2.05, 4.69) is 10.1 Å². The van der Waals surface area contributed by atoms with Crippen molar-refractivity contribution in [2.24, 2.45) is 0 Å². The third kappa shape index (κ3) is 1.90. The summed E-state index contributed by atoms with van der Waals surface area (Å²) in [5.41, 5.74) is 0.855. The third-order valence-corrected chi connectivity index (χ3v) is 1.92. The van der Waals surface area contributed by atoms with Crippen LogP contribution in [0.2, 0.25) is 0 Å². The lowest BCUT2D eigenvalue weighted by atomic mass is 10.3. The smallest absolute Gasteiger partial charge is 0.153 e. The molecule has 0 spiro atoms. The molecule has 0 unspecified atom stereocenters. The van der Waals surface area contributed by atoms with Crippen molar-refractivity contribution in [1.82, 2.24) is 14.8 Å². The molecular formula is C10H8FN3O. The van der Waals surface area contributed by atoms with E-state index in [-0.39, 0.29) is 0 Å². The number of alkyl halides is 1. The summed E-state index contributed by atoms with van der Waals surface area (Å²) in [4.78, 5) is 14.4. The van der Waals surface area contributed by atoms with Gasteiger partial charge < -0.3 is 0 Å². The molecule has 15 heavy (non-hydrogen) atoms. The van der Waals surface area contributed by atoms with Crippen molar-refractivity contribution in [1.29, 1.82) is 0 Å². The van der Waals surface area contributed by atoms with Gasteiger partial charge in [0.1, 0.15) is 6.67 Å². The summed E-state index contributed by atoms with van der Waals surface area (Å²) in [5, 5.41) is 3.95. The highest BCUT2D eigenvalue weighted by atomic mass is 19.1. The van der Waals surface area contributed by atoms with Gasteiger partial charge in [0.2, 0.25) is 0 Å². The molecule has 0 atom stereocenters. The standard InChI is InChI=1S/C10H8FN3O/c11-5-9-3-4-14(13-9)10-2-1-8(7-15)6-12-10/h1-4,6-7H,5H2. The van der Waals surface area contributed by atoms with Crippen LogP contribution < -0.4 is 0 Å².